The summed E-state index contributed by atoms with van der Waals surface area (Å²) in [5.74, 6) is -10.9. The monoisotopic (exact) mass is 300 g/mol. The van der Waals surface area contributed by atoms with Gasteiger partial charge in [0.05, 0.1) is 5.92 Å². The van der Waals surface area contributed by atoms with Gasteiger partial charge in [0.1, 0.15) is 0 Å². The third kappa shape index (κ3) is 4.06. The van der Waals surface area contributed by atoms with E-state index in [9.17, 15) is 39.9 Å². The van der Waals surface area contributed by atoms with Gasteiger partial charge in [-0.3, -0.25) is 0 Å². The van der Waals surface area contributed by atoms with Crippen LogP contribution in [0.4, 0.5) is 35.1 Å². The van der Waals surface area contributed by atoms with Crippen LogP contribution in [0, 0.1) is 5.92 Å². The van der Waals surface area contributed by atoms with Crippen molar-refractivity contribution in [2.75, 3.05) is 0 Å². The van der Waals surface area contributed by atoms with Crippen LogP contribution in [0.3, 0.4) is 0 Å². The van der Waals surface area contributed by atoms with Crippen LogP contribution in [-0.2, 0) is 9.53 Å². The van der Waals surface area contributed by atoms with Crippen molar-refractivity contribution in [2.45, 2.75) is 31.3 Å². The fourth-order valence-electron chi connectivity index (χ4n) is 0.996. The normalized spacial score (nSPS) is 16.7. The first-order valence-corrected chi connectivity index (χ1v) is 4.59. The zero-order chi connectivity index (χ0) is 15.6. The second kappa shape index (κ2) is 5.33. The second-order valence-electron chi connectivity index (χ2n) is 3.51. The number of carbonyl (C=O) groups excluding carboxylic acids is 1. The van der Waals surface area contributed by atoms with Crippen molar-refractivity contribution in [3.8, 4) is 0 Å². The second-order valence-corrected chi connectivity index (χ2v) is 3.51. The number of hydrogen-bond acceptors (Lipinski definition) is 2. The average Bonchev–Trinajstić information content (AvgIpc) is 2.21. The molecule has 0 bridgehead atoms. The van der Waals surface area contributed by atoms with E-state index in [2.05, 4.69) is 11.3 Å². The van der Waals surface area contributed by atoms with Crippen LogP contribution in [0.1, 0.15) is 6.92 Å². The van der Waals surface area contributed by atoms with E-state index >= 15 is 0 Å². The lowest BCUT2D eigenvalue weighted by molar-refractivity contribution is -0.335. The molecule has 0 N–H and O–H groups in total. The number of esters is 1. The smallest absolute Gasteiger partial charge is 0.452 e. The maximum absolute atomic E-state index is 12.9. The third-order valence-electron chi connectivity index (χ3n) is 2.12. The molecule has 2 atom stereocenters. The maximum Gasteiger partial charge on any atom is 0.457 e. The molecule has 0 aromatic rings. The lowest BCUT2D eigenvalue weighted by atomic mass is 9.97. The van der Waals surface area contributed by atoms with Crippen LogP contribution in [0.25, 0.3) is 0 Å². The fraction of sp³-hybridized carbons (Fsp3) is 0.667. The zero-order valence-electron chi connectivity index (χ0n) is 9.28. The zero-order valence-corrected chi connectivity index (χ0v) is 9.28. The Morgan fingerprint density at radius 2 is 1.53 bits per heavy atom. The summed E-state index contributed by atoms with van der Waals surface area (Å²) < 4.78 is 102. The quantitative estimate of drug-likeness (QED) is 0.451. The summed E-state index contributed by atoms with van der Waals surface area (Å²) in [5.41, 5.74) is 0. The minimum absolute atomic E-state index is 0.0562. The van der Waals surface area contributed by atoms with Crippen molar-refractivity contribution in [2.24, 2.45) is 5.92 Å². The summed E-state index contributed by atoms with van der Waals surface area (Å²) in [6.45, 7) is 2.75. The minimum Gasteiger partial charge on any atom is -0.452 e. The number of alkyl halides is 8. The van der Waals surface area contributed by atoms with Gasteiger partial charge in [-0.25, -0.2) is 4.79 Å². The molecule has 0 aliphatic rings. The summed E-state index contributed by atoms with van der Waals surface area (Å²) in [6, 6.07) is 0. The van der Waals surface area contributed by atoms with Crippen LogP contribution in [0.2, 0.25) is 0 Å². The number of halogens is 8. The molecule has 2 unspecified atom stereocenters. The molecule has 19 heavy (non-hydrogen) atoms. The van der Waals surface area contributed by atoms with E-state index in [0.29, 0.717) is 0 Å². The van der Waals surface area contributed by atoms with Gasteiger partial charge in [0, 0.05) is 6.08 Å². The van der Waals surface area contributed by atoms with Crippen molar-refractivity contribution >= 4 is 5.97 Å². The van der Waals surface area contributed by atoms with Gasteiger partial charge in [-0.15, -0.1) is 0 Å². The topological polar surface area (TPSA) is 26.3 Å². The molecule has 0 radical (unpaired) electrons. The van der Waals surface area contributed by atoms with E-state index in [-0.39, 0.29) is 13.0 Å². The average molecular weight is 300 g/mol. The van der Waals surface area contributed by atoms with E-state index in [1.807, 2.05) is 0 Å². The Kier molecular flexibility index (Phi) is 4.96. The summed E-state index contributed by atoms with van der Waals surface area (Å²) in [7, 11) is 0. The predicted octanol–water partition coefficient (Wildman–Crippen LogP) is 3.48. The number of hydrogen-bond donors (Lipinski definition) is 0. The van der Waals surface area contributed by atoms with Crippen LogP contribution in [0.15, 0.2) is 12.7 Å². The summed E-state index contributed by atoms with van der Waals surface area (Å²) in [5, 5.41) is 0. The van der Waals surface area contributed by atoms with Gasteiger partial charge in [0.15, 0.2) is 6.10 Å². The van der Waals surface area contributed by atoms with Crippen molar-refractivity contribution < 1.29 is 44.7 Å². The molecule has 0 aromatic carbocycles. The summed E-state index contributed by atoms with van der Waals surface area (Å²) >= 11 is 0. The van der Waals surface area contributed by atoms with Crippen LogP contribution >= 0.6 is 0 Å². The van der Waals surface area contributed by atoms with Crippen molar-refractivity contribution in [1.29, 1.82) is 0 Å². The van der Waals surface area contributed by atoms with Gasteiger partial charge in [-0.1, -0.05) is 6.58 Å². The molecular formula is C9H8F8O2. The van der Waals surface area contributed by atoms with Gasteiger partial charge in [-0.2, -0.15) is 35.1 Å². The largest absolute Gasteiger partial charge is 0.457 e. The van der Waals surface area contributed by atoms with Gasteiger partial charge >= 0.3 is 24.2 Å². The molecule has 0 fully saturated rings. The molecular weight excluding hydrogens is 292 g/mol. The van der Waals surface area contributed by atoms with Crippen LogP contribution in [0.5, 0.6) is 0 Å². The highest BCUT2D eigenvalue weighted by molar-refractivity contribution is 5.81. The molecule has 112 valence electrons. The van der Waals surface area contributed by atoms with E-state index in [0.717, 1.165) is 0 Å². The highest BCUT2D eigenvalue weighted by atomic mass is 19.4. The molecule has 0 rings (SSSR count). The summed E-state index contributed by atoms with van der Waals surface area (Å²) in [6.07, 6.45) is -15.2. The van der Waals surface area contributed by atoms with Gasteiger partial charge in [-0.05, 0) is 6.92 Å². The molecule has 2 nitrogen and oxygen atoms in total. The first kappa shape index (κ1) is 17.6. The molecule has 0 saturated heterocycles. The Morgan fingerprint density at radius 1 is 1.11 bits per heavy atom. The minimum atomic E-state index is -6.29. The molecule has 10 heteroatoms. The lowest BCUT2D eigenvalue weighted by Crippen LogP contribution is -2.54. The Labute approximate surface area is 102 Å². The molecule has 0 aliphatic heterocycles. The molecule has 0 spiro atoms. The Bertz CT molecular complexity index is 343. The van der Waals surface area contributed by atoms with E-state index in [1.165, 1.54) is 0 Å². The highest BCUT2D eigenvalue weighted by Gasteiger charge is 2.68. The van der Waals surface area contributed by atoms with Crippen molar-refractivity contribution in [3.63, 3.8) is 0 Å². The SMILES string of the molecule is C=CC(=O)OC(C(C)C(F)(F)F)C(F)(F)C(F)(F)F. The molecule has 0 saturated carbocycles. The van der Waals surface area contributed by atoms with Crippen molar-refractivity contribution in [3.05, 3.63) is 12.7 Å². The molecule has 0 heterocycles. The van der Waals surface area contributed by atoms with Gasteiger partial charge < -0.3 is 4.74 Å². The molecule has 0 amide bonds. The third-order valence-corrected chi connectivity index (χ3v) is 2.12. The number of carbonyl (C=O) groups is 1. The Balaban J connectivity index is 5.53. The van der Waals surface area contributed by atoms with E-state index in [1.54, 1.807) is 0 Å². The van der Waals surface area contributed by atoms with Crippen LogP contribution < -0.4 is 0 Å². The number of rotatable bonds is 4. The first-order chi connectivity index (χ1) is 8.25. The van der Waals surface area contributed by atoms with Gasteiger partial charge in [0.2, 0.25) is 0 Å². The standard InChI is InChI=1S/C9H8F8O2/c1-3-5(18)19-6(4(2)8(12,13)14)7(10,11)9(15,16)17/h3-4,6H,1H2,2H3. The van der Waals surface area contributed by atoms with E-state index < -0.39 is 36.3 Å². The fourth-order valence-corrected chi connectivity index (χ4v) is 0.996. The van der Waals surface area contributed by atoms with Crippen LogP contribution in [-0.4, -0.2) is 30.3 Å². The number of ether oxygens (including phenoxy) is 1. The van der Waals surface area contributed by atoms with Gasteiger partial charge in [0.25, 0.3) is 0 Å². The highest BCUT2D eigenvalue weighted by Crippen LogP contribution is 2.45. The maximum atomic E-state index is 12.9. The Morgan fingerprint density at radius 3 is 1.79 bits per heavy atom. The lowest BCUT2D eigenvalue weighted by Gasteiger charge is -2.32. The first-order valence-electron chi connectivity index (χ1n) is 4.59. The predicted molar refractivity (Wildman–Crippen MR) is 46.3 cm³/mol. The van der Waals surface area contributed by atoms with Crippen molar-refractivity contribution in [1.82, 2.24) is 0 Å². The summed E-state index contributed by atoms with van der Waals surface area (Å²) in [4.78, 5) is 10.6. The molecule has 0 aliphatic carbocycles. The Hall–Kier alpha value is -1.35. The molecule has 0 aromatic heterocycles. The van der Waals surface area contributed by atoms with E-state index in [4.69, 9.17) is 0 Å².